The number of carbonyl (C=O) groups is 2. The predicted molar refractivity (Wildman–Crippen MR) is 218 cm³/mol. The molecule has 290 valence electrons. The van der Waals surface area contributed by atoms with Gasteiger partial charge in [-0.05, 0) is 64.2 Å². The van der Waals surface area contributed by atoms with Gasteiger partial charge in [0.25, 0.3) is 0 Å². The third-order valence-electron chi connectivity index (χ3n) is 9.54. The Bertz CT molecular complexity index is 839. The van der Waals surface area contributed by atoms with Crippen molar-refractivity contribution in [2.24, 2.45) is 0 Å². The van der Waals surface area contributed by atoms with E-state index in [-0.39, 0.29) is 12.4 Å². The van der Waals surface area contributed by atoms with Crippen LogP contribution in [0.3, 0.4) is 0 Å². The Morgan fingerprint density at radius 3 is 1.22 bits per heavy atom. The minimum absolute atomic E-state index is 0.0865. The molecule has 0 aromatic heterocycles. The molecule has 4 heteroatoms. The highest BCUT2D eigenvalue weighted by Crippen LogP contribution is 2.17. The molecule has 0 saturated carbocycles. The van der Waals surface area contributed by atoms with Gasteiger partial charge in [-0.2, -0.15) is 0 Å². The maximum Gasteiger partial charge on any atom is 0.307 e. The molecule has 0 rings (SSSR count). The molecule has 0 aliphatic heterocycles. The molecule has 1 unspecified atom stereocenters. The van der Waals surface area contributed by atoms with Crippen LogP contribution in [0.1, 0.15) is 226 Å². The minimum atomic E-state index is -0.889. The second-order valence-electron chi connectivity index (χ2n) is 14.6. The van der Waals surface area contributed by atoms with Gasteiger partial charge >= 0.3 is 11.9 Å². The molecule has 0 aromatic rings. The fourth-order valence-electron chi connectivity index (χ4n) is 6.36. The minimum Gasteiger partial charge on any atom is -0.481 e. The van der Waals surface area contributed by atoms with Crippen molar-refractivity contribution in [2.45, 2.75) is 232 Å². The Morgan fingerprint density at radius 2 is 0.800 bits per heavy atom. The van der Waals surface area contributed by atoms with Crippen molar-refractivity contribution in [3.8, 4) is 0 Å². The third-order valence-corrected chi connectivity index (χ3v) is 9.54. The molecule has 0 bridgehead atoms. The summed E-state index contributed by atoms with van der Waals surface area (Å²) >= 11 is 0. The van der Waals surface area contributed by atoms with Gasteiger partial charge in [0.2, 0.25) is 0 Å². The van der Waals surface area contributed by atoms with Gasteiger partial charge in [-0.15, -0.1) is 0 Å². The van der Waals surface area contributed by atoms with Crippen molar-refractivity contribution in [2.75, 3.05) is 0 Å². The highest BCUT2D eigenvalue weighted by Gasteiger charge is 2.17. The Balaban J connectivity index is 3.69. The number of esters is 1. The van der Waals surface area contributed by atoms with Gasteiger partial charge in [0.1, 0.15) is 6.10 Å². The summed E-state index contributed by atoms with van der Waals surface area (Å²) in [6.45, 7) is 4.52. The van der Waals surface area contributed by atoms with Gasteiger partial charge in [0, 0.05) is 6.42 Å². The summed E-state index contributed by atoms with van der Waals surface area (Å²) < 4.78 is 5.59. The smallest absolute Gasteiger partial charge is 0.307 e. The van der Waals surface area contributed by atoms with Crippen LogP contribution in [0, 0.1) is 0 Å². The van der Waals surface area contributed by atoms with E-state index in [0.717, 1.165) is 57.8 Å². The lowest BCUT2D eigenvalue weighted by molar-refractivity contribution is -0.153. The molecule has 0 aliphatic rings. The topological polar surface area (TPSA) is 63.6 Å². The lowest BCUT2D eigenvalue weighted by Crippen LogP contribution is -2.21. The largest absolute Gasteiger partial charge is 0.481 e. The molecule has 0 aliphatic carbocycles. The lowest BCUT2D eigenvalue weighted by Gasteiger charge is -2.16. The van der Waals surface area contributed by atoms with Crippen molar-refractivity contribution in [1.29, 1.82) is 0 Å². The van der Waals surface area contributed by atoms with Crippen molar-refractivity contribution in [3.63, 3.8) is 0 Å². The number of rotatable bonds is 39. The second-order valence-corrected chi connectivity index (χ2v) is 14.6. The first-order chi connectivity index (χ1) is 24.6. The highest BCUT2D eigenvalue weighted by atomic mass is 16.5. The zero-order valence-corrected chi connectivity index (χ0v) is 33.2. The first kappa shape index (κ1) is 47.9. The van der Waals surface area contributed by atoms with E-state index in [1.807, 2.05) is 0 Å². The molecule has 0 spiro atoms. The van der Waals surface area contributed by atoms with Crippen LogP contribution in [0.5, 0.6) is 0 Å². The van der Waals surface area contributed by atoms with Crippen LogP contribution >= 0.6 is 0 Å². The van der Waals surface area contributed by atoms with Crippen molar-refractivity contribution in [1.82, 2.24) is 0 Å². The van der Waals surface area contributed by atoms with Crippen molar-refractivity contribution in [3.05, 3.63) is 48.6 Å². The average Bonchev–Trinajstić information content (AvgIpc) is 3.10. The Labute approximate surface area is 311 Å². The van der Waals surface area contributed by atoms with Crippen LogP contribution in [-0.2, 0) is 14.3 Å². The second kappa shape index (κ2) is 41.3. The van der Waals surface area contributed by atoms with Crippen LogP contribution in [0.15, 0.2) is 48.6 Å². The fourth-order valence-corrected chi connectivity index (χ4v) is 6.36. The van der Waals surface area contributed by atoms with E-state index < -0.39 is 12.1 Å². The van der Waals surface area contributed by atoms with E-state index in [1.54, 1.807) is 0 Å². The SMILES string of the molecule is CCCCC/C=C\C/C=C\C/C=C\C/C=C\CCCCCC(=O)OC(CCCCCCCCCCCCCCCCCCCCC)CC(=O)O. The molecule has 0 aromatic carbocycles. The first-order valence-electron chi connectivity index (χ1n) is 21.6. The van der Waals surface area contributed by atoms with Crippen LogP contribution < -0.4 is 0 Å². The molecule has 1 N–H and O–H groups in total. The van der Waals surface area contributed by atoms with E-state index >= 15 is 0 Å². The quantitative estimate of drug-likeness (QED) is 0.0394. The van der Waals surface area contributed by atoms with E-state index in [0.29, 0.717) is 12.8 Å². The molecular formula is C46H82O4. The van der Waals surface area contributed by atoms with Gasteiger partial charge < -0.3 is 9.84 Å². The van der Waals surface area contributed by atoms with Crippen LogP contribution in [-0.4, -0.2) is 23.1 Å². The summed E-state index contributed by atoms with van der Waals surface area (Å²) in [6.07, 6.45) is 55.7. The molecule has 0 saturated heterocycles. The summed E-state index contributed by atoms with van der Waals surface area (Å²) in [5.41, 5.74) is 0. The summed E-state index contributed by atoms with van der Waals surface area (Å²) in [5.74, 6) is -1.13. The Kier molecular flexibility index (Phi) is 39.6. The van der Waals surface area contributed by atoms with Crippen molar-refractivity contribution < 1.29 is 19.4 Å². The monoisotopic (exact) mass is 699 g/mol. The van der Waals surface area contributed by atoms with Crippen LogP contribution in [0.2, 0.25) is 0 Å². The Morgan fingerprint density at radius 1 is 0.460 bits per heavy atom. The lowest BCUT2D eigenvalue weighted by atomic mass is 10.0. The van der Waals surface area contributed by atoms with Crippen LogP contribution in [0.25, 0.3) is 0 Å². The number of allylic oxidation sites excluding steroid dienone is 8. The Hall–Kier alpha value is -2.10. The van der Waals surface area contributed by atoms with Gasteiger partial charge in [-0.3, -0.25) is 9.59 Å². The number of hydrogen-bond donors (Lipinski definition) is 1. The molecular weight excluding hydrogens is 617 g/mol. The van der Waals surface area contributed by atoms with Gasteiger partial charge in [-0.25, -0.2) is 0 Å². The number of carboxylic acid groups (broad SMARTS) is 1. The first-order valence-corrected chi connectivity index (χ1v) is 21.6. The van der Waals surface area contributed by atoms with E-state index in [2.05, 4.69) is 62.5 Å². The fraction of sp³-hybridized carbons (Fsp3) is 0.783. The van der Waals surface area contributed by atoms with E-state index in [4.69, 9.17) is 4.74 Å². The molecule has 0 heterocycles. The third kappa shape index (κ3) is 40.3. The predicted octanol–water partition coefficient (Wildman–Crippen LogP) is 15.1. The zero-order chi connectivity index (χ0) is 36.4. The molecule has 0 fully saturated rings. The molecule has 1 atom stereocenters. The maximum atomic E-state index is 12.4. The number of unbranched alkanes of at least 4 members (excludes halogenated alkanes) is 24. The number of ether oxygens (including phenoxy) is 1. The summed E-state index contributed by atoms with van der Waals surface area (Å²) in [7, 11) is 0. The molecule has 0 amide bonds. The average molecular weight is 699 g/mol. The van der Waals surface area contributed by atoms with E-state index in [1.165, 1.54) is 135 Å². The number of carbonyl (C=O) groups excluding carboxylic acids is 1. The number of carboxylic acids is 1. The van der Waals surface area contributed by atoms with Gasteiger partial charge in [0.05, 0.1) is 6.42 Å². The molecule has 4 nitrogen and oxygen atoms in total. The van der Waals surface area contributed by atoms with Gasteiger partial charge in [0.15, 0.2) is 0 Å². The highest BCUT2D eigenvalue weighted by molar-refractivity contribution is 5.71. The van der Waals surface area contributed by atoms with Gasteiger partial charge in [-0.1, -0.05) is 197 Å². The standard InChI is InChI=1S/C46H82O4/c1-3-5-7-9-11-13-15-17-19-21-23-25-27-29-31-33-35-37-39-41-44(43-45(47)48)50-46(49)42-40-38-36-34-32-30-28-26-24-22-20-18-16-14-12-10-8-6-4-2/h12,14,18,20,24,26,30,32,44H,3-11,13,15-17,19,21-23,25,27-29,31,33-43H2,1-2H3,(H,47,48)/b14-12-,20-18-,26-24-,32-30-. The maximum absolute atomic E-state index is 12.4. The summed E-state index contributed by atoms with van der Waals surface area (Å²) in [4.78, 5) is 23.7. The molecule has 0 radical (unpaired) electrons. The number of aliphatic carboxylic acids is 1. The normalized spacial score (nSPS) is 12.7. The number of hydrogen-bond acceptors (Lipinski definition) is 3. The summed E-state index contributed by atoms with van der Waals surface area (Å²) in [5, 5.41) is 9.29. The zero-order valence-electron chi connectivity index (χ0n) is 33.2. The van der Waals surface area contributed by atoms with Crippen LogP contribution in [0.4, 0.5) is 0 Å². The summed E-state index contributed by atoms with van der Waals surface area (Å²) in [6, 6.07) is 0. The molecule has 50 heavy (non-hydrogen) atoms. The van der Waals surface area contributed by atoms with Crippen molar-refractivity contribution >= 4 is 11.9 Å². The van der Waals surface area contributed by atoms with E-state index in [9.17, 15) is 14.7 Å².